The highest BCUT2D eigenvalue weighted by Crippen LogP contribution is 2.28. The lowest BCUT2D eigenvalue weighted by Crippen LogP contribution is -2.25. The number of rotatable bonds is 12. The maximum Gasteiger partial charge on any atom is 0.167 e. The molecule has 0 fully saturated rings. The van der Waals surface area contributed by atoms with E-state index in [0.29, 0.717) is 54.0 Å². The minimum atomic E-state index is -0.314. The number of hydrogen-bond donors (Lipinski definition) is 2. The monoisotopic (exact) mass is 508 g/mol. The molecular weight excluding hydrogens is 471 g/mol. The molecule has 4 rings (SSSR count). The first-order valence-electron chi connectivity index (χ1n) is 12.9. The van der Waals surface area contributed by atoms with E-state index in [9.17, 15) is 9.18 Å². The minimum absolute atomic E-state index is 0.00612. The summed E-state index contributed by atoms with van der Waals surface area (Å²) in [5.74, 6) is -0.308. The predicted molar refractivity (Wildman–Crippen MR) is 145 cm³/mol. The van der Waals surface area contributed by atoms with E-state index in [0.717, 1.165) is 24.1 Å². The number of ketones is 1. The highest BCUT2D eigenvalue weighted by molar-refractivity contribution is 5.97. The second kappa shape index (κ2) is 13.9. The van der Waals surface area contributed by atoms with Gasteiger partial charge in [0.05, 0.1) is 23.0 Å². The van der Waals surface area contributed by atoms with Gasteiger partial charge in [-0.2, -0.15) is 5.10 Å². The lowest BCUT2D eigenvalue weighted by molar-refractivity contribution is 0.0980. The standard InChI is InChI=1S/C26H31FN6O2.C2H6/c1-4-35-11-5-9-29-17(2)25-22(24(34)8-10-28-3)16-33-26(32-25)21(15-31-33)19-12-18-13-20(27)6-7-23(18)30-14-19;1-2/h6-7,12-17,28-29H,4-5,8-11H2,1-3H3;1-2H3. The quantitative estimate of drug-likeness (QED) is 0.206. The van der Waals surface area contributed by atoms with Crippen molar-refractivity contribution < 1.29 is 13.9 Å². The summed E-state index contributed by atoms with van der Waals surface area (Å²) in [7, 11) is 1.82. The van der Waals surface area contributed by atoms with E-state index in [1.165, 1.54) is 12.1 Å². The van der Waals surface area contributed by atoms with Crippen LogP contribution >= 0.6 is 0 Å². The molecule has 2 N–H and O–H groups in total. The molecular formula is C28H37FN6O2. The Hall–Kier alpha value is -3.27. The van der Waals surface area contributed by atoms with Gasteiger partial charge in [-0.1, -0.05) is 13.8 Å². The molecule has 1 unspecified atom stereocenters. The Balaban J connectivity index is 0.00000186. The number of hydrogen-bond acceptors (Lipinski definition) is 7. The van der Waals surface area contributed by atoms with Crippen molar-refractivity contribution in [2.75, 3.05) is 33.4 Å². The molecule has 4 aromatic rings. The third-order valence-corrected chi connectivity index (χ3v) is 5.91. The highest BCUT2D eigenvalue weighted by atomic mass is 19.1. The Labute approximate surface area is 217 Å². The number of Topliss-reactive ketones (excluding diaryl/α,β-unsaturated/α-hetero) is 1. The van der Waals surface area contributed by atoms with Gasteiger partial charge < -0.3 is 15.4 Å². The van der Waals surface area contributed by atoms with Crippen molar-refractivity contribution in [3.63, 3.8) is 0 Å². The lowest BCUT2D eigenvalue weighted by Gasteiger charge is -2.17. The fourth-order valence-electron chi connectivity index (χ4n) is 4.03. The van der Waals surface area contributed by atoms with Crippen molar-refractivity contribution in [2.45, 2.75) is 46.6 Å². The van der Waals surface area contributed by atoms with Gasteiger partial charge in [-0.25, -0.2) is 13.9 Å². The summed E-state index contributed by atoms with van der Waals surface area (Å²) in [4.78, 5) is 22.4. The van der Waals surface area contributed by atoms with Crippen LogP contribution in [0, 0.1) is 5.82 Å². The SMILES string of the molecule is CC.CCOCCCNC(C)c1nc2c(-c3cnc4ccc(F)cc4c3)cnn2cc1C(=O)CCNC. The summed E-state index contributed by atoms with van der Waals surface area (Å²) in [5.41, 5.74) is 4.10. The lowest BCUT2D eigenvalue weighted by atomic mass is 10.0. The molecule has 3 heterocycles. The second-order valence-electron chi connectivity index (χ2n) is 8.43. The van der Waals surface area contributed by atoms with Crippen molar-refractivity contribution in [3.05, 3.63) is 59.9 Å². The number of benzene rings is 1. The summed E-state index contributed by atoms with van der Waals surface area (Å²) in [6.07, 6.45) is 6.42. The first-order valence-corrected chi connectivity index (χ1v) is 12.9. The van der Waals surface area contributed by atoms with Gasteiger partial charge in [0.25, 0.3) is 0 Å². The Bertz CT molecular complexity index is 1320. The third-order valence-electron chi connectivity index (χ3n) is 5.91. The van der Waals surface area contributed by atoms with Gasteiger partial charge in [0.2, 0.25) is 0 Å². The molecule has 0 radical (unpaired) electrons. The third kappa shape index (κ3) is 6.94. The van der Waals surface area contributed by atoms with Gasteiger partial charge in [0.1, 0.15) is 5.82 Å². The average molecular weight is 509 g/mol. The molecule has 0 saturated heterocycles. The zero-order valence-electron chi connectivity index (χ0n) is 22.3. The largest absolute Gasteiger partial charge is 0.382 e. The van der Waals surface area contributed by atoms with Crippen LogP contribution in [0.3, 0.4) is 0 Å². The van der Waals surface area contributed by atoms with Gasteiger partial charge in [-0.3, -0.25) is 9.78 Å². The van der Waals surface area contributed by atoms with Crippen LogP contribution in [0.2, 0.25) is 0 Å². The number of nitrogens with one attached hydrogen (secondary N) is 2. The fraction of sp³-hybridized carbons (Fsp3) is 0.429. The topological polar surface area (TPSA) is 93.4 Å². The highest BCUT2D eigenvalue weighted by Gasteiger charge is 2.21. The Morgan fingerprint density at radius 3 is 2.76 bits per heavy atom. The van der Waals surface area contributed by atoms with Crippen LogP contribution in [0.15, 0.2) is 42.9 Å². The Morgan fingerprint density at radius 1 is 1.19 bits per heavy atom. The molecule has 0 aliphatic carbocycles. The van der Waals surface area contributed by atoms with E-state index in [2.05, 4.69) is 20.7 Å². The van der Waals surface area contributed by atoms with Crippen LogP contribution in [-0.4, -0.2) is 58.7 Å². The van der Waals surface area contributed by atoms with E-state index in [4.69, 9.17) is 9.72 Å². The second-order valence-corrected chi connectivity index (χ2v) is 8.43. The zero-order chi connectivity index (χ0) is 26.8. The molecule has 0 bridgehead atoms. The van der Waals surface area contributed by atoms with E-state index in [1.54, 1.807) is 29.2 Å². The molecule has 0 amide bonds. The number of ether oxygens (including phenoxy) is 1. The van der Waals surface area contributed by atoms with Crippen molar-refractivity contribution in [1.29, 1.82) is 0 Å². The van der Waals surface area contributed by atoms with Crippen LogP contribution < -0.4 is 10.6 Å². The molecule has 198 valence electrons. The number of halogens is 1. The first kappa shape index (κ1) is 28.3. The van der Waals surface area contributed by atoms with Crippen LogP contribution in [0.1, 0.15) is 62.6 Å². The fourth-order valence-corrected chi connectivity index (χ4v) is 4.03. The van der Waals surface area contributed by atoms with Crippen LogP contribution in [0.25, 0.3) is 27.7 Å². The van der Waals surface area contributed by atoms with Crippen molar-refractivity contribution in [1.82, 2.24) is 30.2 Å². The number of pyridine rings is 1. The molecule has 1 atom stereocenters. The van der Waals surface area contributed by atoms with Gasteiger partial charge in [0, 0.05) is 61.1 Å². The van der Waals surface area contributed by atoms with Gasteiger partial charge >= 0.3 is 0 Å². The van der Waals surface area contributed by atoms with E-state index in [-0.39, 0.29) is 17.6 Å². The molecule has 9 heteroatoms. The molecule has 8 nitrogen and oxygen atoms in total. The number of carbonyl (C=O) groups excluding carboxylic acids is 1. The van der Waals surface area contributed by atoms with Gasteiger partial charge in [0.15, 0.2) is 11.4 Å². The maximum atomic E-state index is 13.8. The summed E-state index contributed by atoms with van der Waals surface area (Å²) < 4.78 is 20.8. The predicted octanol–water partition coefficient (Wildman–Crippen LogP) is 4.98. The first-order chi connectivity index (χ1) is 18.0. The summed E-state index contributed by atoms with van der Waals surface area (Å²) in [6.45, 7) is 10.7. The normalized spacial score (nSPS) is 11.9. The molecule has 0 aliphatic rings. The molecule has 0 saturated carbocycles. The molecule has 0 aliphatic heterocycles. The van der Waals surface area contributed by atoms with Crippen molar-refractivity contribution in [3.8, 4) is 11.1 Å². The smallest absolute Gasteiger partial charge is 0.167 e. The van der Waals surface area contributed by atoms with Crippen molar-refractivity contribution in [2.24, 2.45) is 0 Å². The maximum absolute atomic E-state index is 13.8. The molecule has 3 aromatic heterocycles. The van der Waals surface area contributed by atoms with E-state index < -0.39 is 0 Å². The van der Waals surface area contributed by atoms with Crippen LogP contribution in [0.4, 0.5) is 4.39 Å². The van der Waals surface area contributed by atoms with Gasteiger partial charge in [-0.05, 0) is 58.1 Å². The average Bonchev–Trinajstić information content (AvgIpc) is 3.34. The molecule has 0 spiro atoms. The summed E-state index contributed by atoms with van der Waals surface area (Å²) in [6, 6.07) is 6.24. The van der Waals surface area contributed by atoms with E-state index in [1.807, 2.05) is 40.8 Å². The summed E-state index contributed by atoms with van der Waals surface area (Å²) in [5, 5.41) is 11.6. The number of fused-ring (bicyclic) bond motifs is 2. The van der Waals surface area contributed by atoms with Crippen molar-refractivity contribution >= 4 is 22.3 Å². The Morgan fingerprint density at radius 2 is 2.00 bits per heavy atom. The number of nitrogens with zero attached hydrogens (tertiary/aromatic N) is 4. The molecule has 37 heavy (non-hydrogen) atoms. The van der Waals surface area contributed by atoms with E-state index >= 15 is 0 Å². The zero-order valence-corrected chi connectivity index (χ0v) is 22.3. The Kier molecular flexibility index (Phi) is 10.6. The minimum Gasteiger partial charge on any atom is -0.382 e. The summed E-state index contributed by atoms with van der Waals surface area (Å²) >= 11 is 0. The van der Waals surface area contributed by atoms with Gasteiger partial charge in [-0.15, -0.1) is 0 Å². The number of aromatic nitrogens is 4. The van der Waals surface area contributed by atoms with Crippen LogP contribution in [0.5, 0.6) is 0 Å². The van der Waals surface area contributed by atoms with Crippen LogP contribution in [-0.2, 0) is 4.74 Å². The molecule has 1 aromatic carbocycles. The number of carbonyl (C=O) groups is 1.